The summed E-state index contributed by atoms with van der Waals surface area (Å²) in [4.78, 5) is 18.1. The van der Waals surface area contributed by atoms with E-state index >= 15 is 0 Å². The number of hydrogen-bond donors (Lipinski definition) is 1. The largest absolute Gasteiger partial charge is 0.438 e. The molecular weight excluding hydrogens is 260 g/mol. The first kappa shape index (κ1) is 13.6. The molecule has 1 aliphatic heterocycles. The Kier molecular flexibility index (Phi) is 3.30. The van der Waals surface area contributed by atoms with Gasteiger partial charge in [-0.1, -0.05) is 0 Å². The molecule has 1 aliphatic carbocycles. The lowest BCUT2D eigenvalue weighted by molar-refractivity contribution is -0.199. The van der Waals surface area contributed by atoms with Gasteiger partial charge in [-0.3, -0.25) is 4.79 Å². The Morgan fingerprint density at radius 2 is 2.25 bits per heavy atom. The van der Waals surface area contributed by atoms with E-state index in [1.165, 1.54) is 6.39 Å². The smallest absolute Gasteiger partial charge is 0.291 e. The van der Waals surface area contributed by atoms with Crippen LogP contribution in [0.5, 0.6) is 0 Å². The molecule has 1 N–H and O–H groups in total. The van der Waals surface area contributed by atoms with E-state index < -0.39 is 0 Å². The Hall–Kier alpha value is -1.40. The number of nitrogens with zero attached hydrogens (tertiary/aromatic N) is 2. The Balaban J connectivity index is 1.67. The predicted molar refractivity (Wildman–Crippen MR) is 70.2 cm³/mol. The number of piperidine rings is 1. The molecule has 0 unspecified atom stereocenters. The number of ether oxygens (including phenoxy) is 1. The molecule has 1 amide bonds. The minimum Gasteiger partial charge on any atom is -0.438 e. The van der Waals surface area contributed by atoms with Crippen molar-refractivity contribution in [1.29, 1.82) is 0 Å². The van der Waals surface area contributed by atoms with Crippen molar-refractivity contribution in [3.05, 3.63) is 17.8 Å². The fraction of sp³-hybridized carbons (Fsp3) is 0.714. The third-order valence-corrected chi connectivity index (χ3v) is 4.95. The van der Waals surface area contributed by atoms with Crippen molar-refractivity contribution < 1.29 is 19.1 Å². The van der Waals surface area contributed by atoms with Crippen LogP contribution in [-0.2, 0) is 4.74 Å². The second-order valence-corrected chi connectivity index (χ2v) is 5.77. The first-order chi connectivity index (χ1) is 9.58. The van der Waals surface area contributed by atoms with Gasteiger partial charge in [0.05, 0.1) is 17.9 Å². The van der Waals surface area contributed by atoms with Crippen LogP contribution in [0.15, 0.2) is 10.8 Å². The molecule has 0 radical (unpaired) electrons. The number of likely N-dealkylation sites (tertiary alicyclic amines) is 1. The van der Waals surface area contributed by atoms with Crippen LogP contribution in [0, 0.1) is 12.3 Å². The molecule has 1 saturated heterocycles. The van der Waals surface area contributed by atoms with Crippen molar-refractivity contribution in [2.45, 2.75) is 38.4 Å². The molecule has 6 nitrogen and oxygen atoms in total. The van der Waals surface area contributed by atoms with Gasteiger partial charge in [0.1, 0.15) is 0 Å². The average molecular weight is 280 g/mol. The first-order valence-corrected chi connectivity index (χ1v) is 6.98. The molecule has 6 heteroatoms. The maximum absolute atomic E-state index is 12.3. The number of amides is 1. The highest BCUT2D eigenvalue weighted by Gasteiger charge is 2.56. The summed E-state index contributed by atoms with van der Waals surface area (Å²) in [6.07, 6.45) is 3.34. The van der Waals surface area contributed by atoms with Crippen LogP contribution in [0.25, 0.3) is 0 Å². The Morgan fingerprint density at radius 1 is 1.55 bits per heavy atom. The third kappa shape index (κ3) is 1.86. The van der Waals surface area contributed by atoms with E-state index in [0.29, 0.717) is 31.0 Å². The van der Waals surface area contributed by atoms with E-state index in [2.05, 4.69) is 4.98 Å². The topological polar surface area (TPSA) is 75.8 Å². The molecule has 2 atom stereocenters. The second kappa shape index (κ2) is 4.86. The molecule has 2 fully saturated rings. The second-order valence-electron chi connectivity index (χ2n) is 5.77. The van der Waals surface area contributed by atoms with Crippen molar-refractivity contribution in [2.24, 2.45) is 5.41 Å². The SMILES string of the molecule is CO[C@H]1C[C@@H](O)C12CCN(C(=O)c1ocnc1C)CC2. The van der Waals surface area contributed by atoms with Crippen molar-refractivity contribution >= 4 is 5.91 Å². The predicted octanol–water partition coefficient (Wildman–Crippen LogP) is 0.985. The van der Waals surface area contributed by atoms with Gasteiger partial charge >= 0.3 is 0 Å². The molecule has 1 spiro atoms. The fourth-order valence-corrected chi connectivity index (χ4v) is 3.49. The van der Waals surface area contributed by atoms with Crippen molar-refractivity contribution in [1.82, 2.24) is 9.88 Å². The van der Waals surface area contributed by atoms with Gasteiger partial charge in [-0.25, -0.2) is 4.98 Å². The summed E-state index contributed by atoms with van der Waals surface area (Å²) in [6.45, 7) is 3.00. The van der Waals surface area contributed by atoms with Gasteiger partial charge in [0.15, 0.2) is 6.39 Å². The van der Waals surface area contributed by atoms with E-state index in [4.69, 9.17) is 9.15 Å². The average Bonchev–Trinajstić information content (AvgIpc) is 2.90. The monoisotopic (exact) mass is 280 g/mol. The number of aryl methyl sites for hydroxylation is 1. The van der Waals surface area contributed by atoms with E-state index in [-0.39, 0.29) is 23.5 Å². The van der Waals surface area contributed by atoms with Crippen LogP contribution in [0.1, 0.15) is 35.5 Å². The molecule has 1 saturated carbocycles. The Bertz CT molecular complexity index is 505. The number of carbonyl (C=O) groups excluding carboxylic acids is 1. The molecule has 3 rings (SSSR count). The number of aliphatic hydroxyl groups excluding tert-OH is 1. The van der Waals surface area contributed by atoms with Crippen LogP contribution < -0.4 is 0 Å². The highest BCUT2D eigenvalue weighted by Crippen LogP contribution is 2.50. The number of oxazole rings is 1. The Labute approximate surface area is 117 Å². The molecular formula is C14H20N2O4. The van der Waals surface area contributed by atoms with Crippen LogP contribution in [-0.4, -0.2) is 53.3 Å². The van der Waals surface area contributed by atoms with Gasteiger partial charge < -0.3 is 19.2 Å². The lowest BCUT2D eigenvalue weighted by atomic mass is 9.58. The normalized spacial score (nSPS) is 28.4. The summed E-state index contributed by atoms with van der Waals surface area (Å²) in [5.74, 6) is 0.205. The molecule has 20 heavy (non-hydrogen) atoms. The van der Waals surface area contributed by atoms with Crippen LogP contribution in [0.4, 0.5) is 0 Å². The van der Waals surface area contributed by atoms with Crippen LogP contribution in [0.2, 0.25) is 0 Å². The van der Waals surface area contributed by atoms with Gasteiger partial charge in [0, 0.05) is 32.0 Å². The molecule has 1 aromatic heterocycles. The van der Waals surface area contributed by atoms with Gasteiger partial charge in [-0.2, -0.15) is 0 Å². The lowest BCUT2D eigenvalue weighted by Crippen LogP contribution is -2.62. The van der Waals surface area contributed by atoms with E-state index in [0.717, 1.165) is 12.8 Å². The number of aliphatic hydroxyl groups is 1. The van der Waals surface area contributed by atoms with Gasteiger partial charge in [0.2, 0.25) is 5.76 Å². The van der Waals surface area contributed by atoms with E-state index in [1.54, 1.807) is 18.9 Å². The third-order valence-electron chi connectivity index (χ3n) is 4.95. The molecule has 1 aromatic rings. The molecule has 110 valence electrons. The van der Waals surface area contributed by atoms with Gasteiger partial charge in [0.25, 0.3) is 5.91 Å². The maximum atomic E-state index is 12.3. The van der Waals surface area contributed by atoms with E-state index in [9.17, 15) is 9.90 Å². The quantitative estimate of drug-likeness (QED) is 0.874. The summed E-state index contributed by atoms with van der Waals surface area (Å²) in [6, 6.07) is 0. The summed E-state index contributed by atoms with van der Waals surface area (Å²) < 4.78 is 10.6. The standard InChI is InChI=1S/C14H20N2O4/c1-9-12(20-8-15-9)13(18)16-5-3-14(4-6-16)10(17)7-11(14)19-2/h8,10-11,17H,3-7H2,1-2H3/t10-,11+/m1/s1. The van der Waals surface area contributed by atoms with Crippen molar-refractivity contribution in [3.63, 3.8) is 0 Å². The van der Waals surface area contributed by atoms with Crippen LogP contribution in [0.3, 0.4) is 0 Å². The molecule has 2 heterocycles. The summed E-state index contributed by atoms with van der Waals surface area (Å²) in [5.41, 5.74) is 0.455. The summed E-state index contributed by atoms with van der Waals surface area (Å²) >= 11 is 0. The lowest BCUT2D eigenvalue weighted by Gasteiger charge is -2.56. The number of methoxy groups -OCH3 is 1. The minimum absolute atomic E-state index is 0.113. The summed E-state index contributed by atoms with van der Waals surface area (Å²) in [5, 5.41) is 10.1. The van der Waals surface area contributed by atoms with Gasteiger partial charge in [-0.05, 0) is 19.8 Å². The fourth-order valence-electron chi connectivity index (χ4n) is 3.49. The minimum atomic E-state index is -0.309. The van der Waals surface area contributed by atoms with Crippen LogP contribution >= 0.6 is 0 Å². The Morgan fingerprint density at radius 3 is 2.75 bits per heavy atom. The zero-order valence-corrected chi connectivity index (χ0v) is 11.8. The molecule has 0 bridgehead atoms. The molecule has 2 aliphatic rings. The number of aromatic nitrogens is 1. The molecule has 0 aromatic carbocycles. The zero-order chi connectivity index (χ0) is 14.3. The van der Waals surface area contributed by atoms with E-state index in [1.807, 2.05) is 0 Å². The number of hydrogen-bond acceptors (Lipinski definition) is 5. The number of carbonyl (C=O) groups is 1. The number of rotatable bonds is 2. The summed E-state index contributed by atoms with van der Waals surface area (Å²) in [7, 11) is 1.69. The highest BCUT2D eigenvalue weighted by atomic mass is 16.5. The maximum Gasteiger partial charge on any atom is 0.291 e. The van der Waals surface area contributed by atoms with Crippen molar-refractivity contribution in [2.75, 3.05) is 20.2 Å². The zero-order valence-electron chi connectivity index (χ0n) is 11.8. The van der Waals surface area contributed by atoms with Gasteiger partial charge in [-0.15, -0.1) is 0 Å². The first-order valence-electron chi connectivity index (χ1n) is 6.98. The van der Waals surface area contributed by atoms with Crippen molar-refractivity contribution in [3.8, 4) is 0 Å². The highest BCUT2D eigenvalue weighted by molar-refractivity contribution is 5.92.